The van der Waals surface area contributed by atoms with Gasteiger partial charge in [0.2, 0.25) is 0 Å². The van der Waals surface area contributed by atoms with Gasteiger partial charge in [0.15, 0.2) is 5.82 Å². The van der Waals surface area contributed by atoms with Crippen molar-refractivity contribution in [1.82, 2.24) is 9.78 Å². The number of hydrogen-bond acceptors (Lipinski definition) is 5. The molecule has 3 aromatic carbocycles. The number of nitrogens with two attached hydrogens (primary N) is 1. The molecular formula is C23H20N4O3. The predicted molar refractivity (Wildman–Crippen MR) is 116 cm³/mol. The number of rotatable bonds is 5. The lowest BCUT2D eigenvalue weighted by Gasteiger charge is -2.08. The third-order valence-electron chi connectivity index (χ3n) is 4.47. The standard InChI is InChI=1S/C23H20N4O3/c1-29-18-14-12-16(13-15-18)20-21(25-23(28)30-19-10-6-3-7-11-19)22(24)27(26-20)17-8-4-2-5-9-17/h2-15H,24H2,1H3,(H,25,28). The molecular weight excluding hydrogens is 380 g/mol. The Kier molecular flexibility index (Phi) is 5.34. The van der Waals surface area contributed by atoms with Crippen molar-refractivity contribution in [3.05, 3.63) is 84.9 Å². The zero-order valence-electron chi connectivity index (χ0n) is 16.3. The number of carbonyl (C=O) groups excluding carboxylic acids is 1. The molecule has 30 heavy (non-hydrogen) atoms. The number of hydrogen-bond donors (Lipinski definition) is 2. The van der Waals surface area contributed by atoms with Crippen LogP contribution in [-0.2, 0) is 0 Å². The SMILES string of the molecule is COc1ccc(-c2nn(-c3ccccc3)c(N)c2NC(=O)Oc2ccccc2)cc1. The summed E-state index contributed by atoms with van der Waals surface area (Å²) in [6, 6.07) is 25.6. The minimum absolute atomic E-state index is 0.289. The van der Waals surface area contributed by atoms with E-state index in [-0.39, 0.29) is 5.82 Å². The van der Waals surface area contributed by atoms with Crippen molar-refractivity contribution in [2.24, 2.45) is 0 Å². The molecule has 0 bridgehead atoms. The highest BCUT2D eigenvalue weighted by Crippen LogP contribution is 2.35. The molecule has 1 aromatic heterocycles. The molecule has 150 valence electrons. The van der Waals surface area contributed by atoms with Gasteiger partial charge in [-0.25, -0.2) is 9.48 Å². The number of ether oxygens (including phenoxy) is 2. The molecule has 0 saturated carbocycles. The van der Waals surface area contributed by atoms with E-state index in [0.717, 1.165) is 11.3 Å². The second-order valence-corrected chi connectivity index (χ2v) is 6.41. The van der Waals surface area contributed by atoms with Crippen molar-refractivity contribution >= 4 is 17.6 Å². The van der Waals surface area contributed by atoms with Gasteiger partial charge in [-0.3, -0.25) is 5.32 Å². The number of aromatic nitrogens is 2. The maximum absolute atomic E-state index is 12.5. The number of carbonyl (C=O) groups is 1. The fraction of sp³-hybridized carbons (Fsp3) is 0.0435. The summed E-state index contributed by atoms with van der Waals surface area (Å²) in [6.07, 6.45) is -0.657. The minimum Gasteiger partial charge on any atom is -0.497 e. The van der Waals surface area contributed by atoms with Gasteiger partial charge >= 0.3 is 6.09 Å². The van der Waals surface area contributed by atoms with Crippen molar-refractivity contribution in [3.63, 3.8) is 0 Å². The molecule has 1 amide bonds. The third-order valence-corrected chi connectivity index (χ3v) is 4.47. The lowest BCUT2D eigenvalue weighted by Crippen LogP contribution is -2.18. The molecule has 7 nitrogen and oxygen atoms in total. The van der Waals surface area contributed by atoms with Crippen LogP contribution >= 0.6 is 0 Å². The zero-order chi connectivity index (χ0) is 20.9. The summed E-state index contributed by atoms with van der Waals surface area (Å²) in [6.45, 7) is 0. The second-order valence-electron chi connectivity index (χ2n) is 6.41. The first-order valence-electron chi connectivity index (χ1n) is 9.28. The average Bonchev–Trinajstić information content (AvgIpc) is 3.11. The van der Waals surface area contributed by atoms with Gasteiger partial charge in [-0.2, -0.15) is 5.10 Å². The highest BCUT2D eigenvalue weighted by Gasteiger charge is 2.21. The highest BCUT2D eigenvalue weighted by molar-refractivity contribution is 5.96. The molecule has 0 aliphatic rings. The second kappa shape index (κ2) is 8.40. The van der Waals surface area contributed by atoms with E-state index in [1.807, 2.05) is 60.7 Å². The maximum Gasteiger partial charge on any atom is 0.417 e. The van der Waals surface area contributed by atoms with Gasteiger partial charge in [0.05, 0.1) is 12.8 Å². The summed E-state index contributed by atoms with van der Waals surface area (Å²) in [5.74, 6) is 1.43. The highest BCUT2D eigenvalue weighted by atomic mass is 16.6. The van der Waals surface area contributed by atoms with Crippen LogP contribution in [0, 0.1) is 0 Å². The quantitative estimate of drug-likeness (QED) is 0.505. The number of nitrogens with zero attached hydrogens (tertiary/aromatic N) is 2. The monoisotopic (exact) mass is 400 g/mol. The van der Waals surface area contributed by atoms with Gasteiger partial charge in [0.25, 0.3) is 0 Å². The van der Waals surface area contributed by atoms with Crippen molar-refractivity contribution in [3.8, 4) is 28.4 Å². The Morgan fingerprint density at radius 1 is 0.900 bits per heavy atom. The Morgan fingerprint density at radius 3 is 2.17 bits per heavy atom. The molecule has 3 N–H and O–H groups in total. The van der Waals surface area contributed by atoms with E-state index in [0.29, 0.717) is 22.9 Å². The van der Waals surface area contributed by atoms with Crippen LogP contribution in [0.4, 0.5) is 16.3 Å². The first kappa shape index (κ1) is 19.1. The van der Waals surface area contributed by atoms with Crippen LogP contribution in [0.25, 0.3) is 16.9 Å². The lowest BCUT2D eigenvalue weighted by molar-refractivity contribution is 0.215. The molecule has 0 saturated heterocycles. The summed E-state index contributed by atoms with van der Waals surface area (Å²) >= 11 is 0. The largest absolute Gasteiger partial charge is 0.497 e. The predicted octanol–water partition coefficient (Wildman–Crippen LogP) is 4.74. The maximum atomic E-state index is 12.5. The Morgan fingerprint density at radius 2 is 1.53 bits per heavy atom. The van der Waals surface area contributed by atoms with E-state index in [1.54, 1.807) is 36.1 Å². The average molecular weight is 400 g/mol. The van der Waals surface area contributed by atoms with Crippen molar-refractivity contribution in [2.45, 2.75) is 0 Å². The molecule has 7 heteroatoms. The smallest absolute Gasteiger partial charge is 0.417 e. The van der Waals surface area contributed by atoms with Crippen LogP contribution in [0.5, 0.6) is 11.5 Å². The van der Waals surface area contributed by atoms with Crippen LogP contribution in [0.3, 0.4) is 0 Å². The number of nitrogens with one attached hydrogen (secondary N) is 1. The van der Waals surface area contributed by atoms with E-state index >= 15 is 0 Å². The Bertz CT molecular complexity index is 1140. The first-order chi connectivity index (χ1) is 14.7. The number of anilines is 2. The van der Waals surface area contributed by atoms with E-state index in [9.17, 15) is 4.79 Å². The summed E-state index contributed by atoms with van der Waals surface area (Å²) in [5, 5.41) is 7.39. The molecule has 0 aliphatic carbocycles. The summed E-state index contributed by atoms with van der Waals surface area (Å²) < 4.78 is 12.2. The normalized spacial score (nSPS) is 10.4. The molecule has 0 unspecified atom stereocenters. The fourth-order valence-corrected chi connectivity index (χ4v) is 2.99. The Balaban J connectivity index is 1.72. The van der Waals surface area contributed by atoms with Crippen molar-refractivity contribution in [1.29, 1.82) is 0 Å². The number of amides is 1. The molecule has 0 atom stereocenters. The number of methoxy groups -OCH3 is 1. The number of para-hydroxylation sites is 2. The lowest BCUT2D eigenvalue weighted by atomic mass is 10.1. The Hall–Kier alpha value is -4.26. The molecule has 0 radical (unpaired) electrons. The number of benzene rings is 3. The molecule has 0 spiro atoms. The minimum atomic E-state index is -0.657. The van der Waals surface area contributed by atoms with Gasteiger partial charge in [-0.1, -0.05) is 36.4 Å². The summed E-state index contributed by atoms with van der Waals surface area (Å²) in [4.78, 5) is 12.5. The van der Waals surface area contributed by atoms with Gasteiger partial charge < -0.3 is 15.2 Å². The van der Waals surface area contributed by atoms with Crippen LogP contribution < -0.4 is 20.5 Å². The number of nitrogen functional groups attached to an aromatic ring is 1. The zero-order valence-corrected chi connectivity index (χ0v) is 16.3. The fourth-order valence-electron chi connectivity index (χ4n) is 2.99. The van der Waals surface area contributed by atoms with Crippen LogP contribution in [0.15, 0.2) is 84.9 Å². The third kappa shape index (κ3) is 3.95. The van der Waals surface area contributed by atoms with Gasteiger partial charge in [0.1, 0.15) is 22.9 Å². The summed E-state index contributed by atoms with van der Waals surface area (Å²) in [5.41, 5.74) is 8.80. The van der Waals surface area contributed by atoms with Crippen LogP contribution in [0.2, 0.25) is 0 Å². The molecule has 4 aromatic rings. The summed E-state index contributed by atoms with van der Waals surface area (Å²) in [7, 11) is 1.60. The van der Waals surface area contributed by atoms with Crippen LogP contribution in [-0.4, -0.2) is 23.0 Å². The molecule has 4 rings (SSSR count). The topological polar surface area (TPSA) is 91.4 Å². The van der Waals surface area contributed by atoms with Gasteiger partial charge in [-0.15, -0.1) is 0 Å². The molecule has 0 aliphatic heterocycles. The molecule has 1 heterocycles. The van der Waals surface area contributed by atoms with Crippen molar-refractivity contribution < 1.29 is 14.3 Å². The molecule has 0 fully saturated rings. The van der Waals surface area contributed by atoms with Crippen LogP contribution in [0.1, 0.15) is 0 Å². The van der Waals surface area contributed by atoms with Gasteiger partial charge in [0, 0.05) is 5.56 Å². The van der Waals surface area contributed by atoms with E-state index in [2.05, 4.69) is 10.4 Å². The van der Waals surface area contributed by atoms with Crippen molar-refractivity contribution in [2.75, 3.05) is 18.2 Å². The van der Waals surface area contributed by atoms with Gasteiger partial charge in [-0.05, 0) is 48.5 Å². The first-order valence-corrected chi connectivity index (χ1v) is 9.28. The Labute approximate surface area is 173 Å². The van der Waals surface area contributed by atoms with E-state index < -0.39 is 6.09 Å². The van der Waals surface area contributed by atoms with E-state index in [4.69, 9.17) is 15.2 Å². The van der Waals surface area contributed by atoms with E-state index in [1.165, 1.54) is 0 Å².